The number of hydrogen-bond acceptors (Lipinski definition) is 2. The molecule has 2 aromatic carbocycles. The highest BCUT2D eigenvalue weighted by atomic mass is 19.4. The van der Waals surface area contributed by atoms with Gasteiger partial charge in [0.05, 0.1) is 6.04 Å². The van der Waals surface area contributed by atoms with E-state index in [0.717, 1.165) is 22.3 Å². The molecular formula is C16H16F3NO. The van der Waals surface area contributed by atoms with Crippen LogP contribution in [-0.4, -0.2) is 6.36 Å². The van der Waals surface area contributed by atoms with E-state index in [0.29, 0.717) is 0 Å². The largest absolute Gasteiger partial charge is 0.573 e. The monoisotopic (exact) mass is 295 g/mol. The van der Waals surface area contributed by atoms with Gasteiger partial charge in [0.2, 0.25) is 0 Å². The molecule has 0 unspecified atom stereocenters. The smallest absolute Gasteiger partial charge is 0.406 e. The first kappa shape index (κ1) is 15.4. The molecule has 21 heavy (non-hydrogen) atoms. The van der Waals surface area contributed by atoms with Gasteiger partial charge < -0.3 is 10.5 Å². The number of halogens is 3. The van der Waals surface area contributed by atoms with Gasteiger partial charge in [0, 0.05) is 0 Å². The second kappa shape index (κ2) is 5.77. The number of hydrogen-bond donors (Lipinski definition) is 1. The van der Waals surface area contributed by atoms with E-state index in [1.165, 1.54) is 12.1 Å². The van der Waals surface area contributed by atoms with E-state index < -0.39 is 6.36 Å². The van der Waals surface area contributed by atoms with Crippen LogP contribution in [0.3, 0.4) is 0 Å². The Bertz CT molecular complexity index is 620. The first-order chi connectivity index (χ1) is 9.78. The van der Waals surface area contributed by atoms with Crippen molar-refractivity contribution < 1.29 is 17.9 Å². The highest BCUT2D eigenvalue weighted by molar-refractivity contribution is 5.41. The van der Waals surface area contributed by atoms with Gasteiger partial charge in [0.25, 0.3) is 0 Å². The van der Waals surface area contributed by atoms with E-state index >= 15 is 0 Å². The number of alkyl halides is 3. The maximum absolute atomic E-state index is 12.1. The van der Waals surface area contributed by atoms with Crippen LogP contribution in [0.4, 0.5) is 13.2 Å². The summed E-state index contributed by atoms with van der Waals surface area (Å²) in [6.45, 7) is 3.97. The lowest BCUT2D eigenvalue weighted by atomic mass is 9.93. The summed E-state index contributed by atoms with van der Waals surface area (Å²) in [6.07, 6.45) is -4.68. The Morgan fingerprint density at radius 1 is 1.00 bits per heavy atom. The average molecular weight is 295 g/mol. The Morgan fingerprint density at radius 2 is 1.62 bits per heavy atom. The number of benzene rings is 2. The fourth-order valence-corrected chi connectivity index (χ4v) is 2.17. The first-order valence-electron chi connectivity index (χ1n) is 6.45. The fourth-order valence-electron chi connectivity index (χ4n) is 2.17. The Kier molecular flexibility index (Phi) is 4.23. The van der Waals surface area contributed by atoms with Gasteiger partial charge in [-0.3, -0.25) is 0 Å². The van der Waals surface area contributed by atoms with E-state index in [1.54, 1.807) is 12.1 Å². The number of ether oxygens (including phenoxy) is 1. The molecule has 0 aliphatic heterocycles. The summed E-state index contributed by atoms with van der Waals surface area (Å²) >= 11 is 0. The molecule has 0 amide bonds. The lowest BCUT2D eigenvalue weighted by molar-refractivity contribution is -0.274. The molecule has 0 aromatic heterocycles. The molecule has 1 atom stereocenters. The number of nitrogens with two attached hydrogens (primary N) is 1. The van der Waals surface area contributed by atoms with Crippen LogP contribution in [0.2, 0.25) is 0 Å². The minimum absolute atomic E-state index is 0.251. The van der Waals surface area contributed by atoms with Crippen LogP contribution >= 0.6 is 0 Å². The predicted octanol–water partition coefficient (Wildman–Crippen LogP) is 4.25. The summed E-state index contributed by atoms with van der Waals surface area (Å²) < 4.78 is 40.2. The molecule has 112 valence electrons. The number of aryl methyl sites for hydroxylation is 1. The SMILES string of the molecule is Cc1cccc([C@@H](N)c2ccc(OC(F)(F)F)cc2)c1C. The van der Waals surface area contributed by atoms with Crippen molar-refractivity contribution in [1.82, 2.24) is 0 Å². The molecule has 0 saturated carbocycles. The van der Waals surface area contributed by atoms with Crippen LogP contribution in [0.1, 0.15) is 28.3 Å². The van der Waals surface area contributed by atoms with E-state index in [9.17, 15) is 13.2 Å². The van der Waals surface area contributed by atoms with Gasteiger partial charge in [-0.05, 0) is 48.2 Å². The van der Waals surface area contributed by atoms with Gasteiger partial charge in [-0.2, -0.15) is 0 Å². The van der Waals surface area contributed by atoms with Crippen LogP contribution in [-0.2, 0) is 0 Å². The minimum Gasteiger partial charge on any atom is -0.406 e. The lowest BCUT2D eigenvalue weighted by Crippen LogP contribution is -2.17. The van der Waals surface area contributed by atoms with Gasteiger partial charge in [0.1, 0.15) is 5.75 Å². The van der Waals surface area contributed by atoms with Crippen molar-refractivity contribution in [2.24, 2.45) is 5.73 Å². The first-order valence-corrected chi connectivity index (χ1v) is 6.45. The molecule has 0 fully saturated rings. The molecule has 2 aromatic rings. The van der Waals surface area contributed by atoms with Gasteiger partial charge in [-0.15, -0.1) is 13.2 Å². The standard InChI is InChI=1S/C16H16F3NO/c1-10-4-3-5-14(11(10)2)15(20)12-6-8-13(9-7-12)21-16(17,18)19/h3-9,15H,20H2,1-2H3/t15-/m0/s1. The zero-order valence-corrected chi connectivity index (χ0v) is 11.7. The summed E-state index contributed by atoms with van der Waals surface area (Å²) in [5, 5.41) is 0. The van der Waals surface area contributed by atoms with E-state index in [4.69, 9.17) is 5.73 Å². The summed E-state index contributed by atoms with van der Waals surface area (Å²) in [7, 11) is 0. The second-order valence-electron chi connectivity index (χ2n) is 4.88. The summed E-state index contributed by atoms with van der Waals surface area (Å²) in [5.41, 5.74) is 10.1. The average Bonchev–Trinajstić information content (AvgIpc) is 2.40. The molecule has 0 heterocycles. The summed E-state index contributed by atoms with van der Waals surface area (Å²) in [4.78, 5) is 0. The predicted molar refractivity (Wildman–Crippen MR) is 75.1 cm³/mol. The topological polar surface area (TPSA) is 35.2 Å². The van der Waals surface area contributed by atoms with Gasteiger partial charge >= 0.3 is 6.36 Å². The van der Waals surface area contributed by atoms with Crippen molar-refractivity contribution in [2.75, 3.05) is 0 Å². The van der Waals surface area contributed by atoms with Crippen LogP contribution in [0.15, 0.2) is 42.5 Å². The van der Waals surface area contributed by atoms with E-state index in [-0.39, 0.29) is 11.8 Å². The van der Waals surface area contributed by atoms with Crippen LogP contribution in [0.5, 0.6) is 5.75 Å². The Labute approximate surface area is 121 Å². The summed E-state index contributed by atoms with van der Waals surface area (Å²) in [6, 6.07) is 11.1. The molecule has 2 rings (SSSR count). The second-order valence-corrected chi connectivity index (χ2v) is 4.88. The molecule has 0 aliphatic rings. The van der Waals surface area contributed by atoms with Crippen molar-refractivity contribution in [3.63, 3.8) is 0 Å². The Hall–Kier alpha value is -2.01. The van der Waals surface area contributed by atoms with E-state index in [1.807, 2.05) is 32.0 Å². The zero-order chi connectivity index (χ0) is 15.6. The summed E-state index contributed by atoms with van der Waals surface area (Å²) in [5.74, 6) is -0.251. The van der Waals surface area contributed by atoms with Crippen LogP contribution in [0, 0.1) is 13.8 Å². The Morgan fingerprint density at radius 3 is 2.19 bits per heavy atom. The van der Waals surface area contributed by atoms with Gasteiger partial charge in [-0.25, -0.2) is 0 Å². The quantitative estimate of drug-likeness (QED) is 0.918. The van der Waals surface area contributed by atoms with Crippen molar-refractivity contribution in [1.29, 1.82) is 0 Å². The molecule has 0 aliphatic carbocycles. The van der Waals surface area contributed by atoms with Crippen molar-refractivity contribution in [2.45, 2.75) is 26.3 Å². The zero-order valence-electron chi connectivity index (χ0n) is 11.7. The third-order valence-electron chi connectivity index (χ3n) is 3.45. The molecule has 0 radical (unpaired) electrons. The molecule has 0 spiro atoms. The van der Waals surface area contributed by atoms with Crippen molar-refractivity contribution >= 4 is 0 Å². The van der Waals surface area contributed by atoms with Crippen molar-refractivity contribution in [3.8, 4) is 5.75 Å². The van der Waals surface area contributed by atoms with Crippen LogP contribution < -0.4 is 10.5 Å². The fraction of sp³-hybridized carbons (Fsp3) is 0.250. The normalized spacial score (nSPS) is 13.0. The molecule has 0 bridgehead atoms. The highest BCUT2D eigenvalue weighted by Crippen LogP contribution is 2.27. The number of rotatable bonds is 3. The molecular weight excluding hydrogens is 279 g/mol. The Balaban J connectivity index is 2.24. The lowest BCUT2D eigenvalue weighted by Gasteiger charge is -2.17. The highest BCUT2D eigenvalue weighted by Gasteiger charge is 2.31. The van der Waals surface area contributed by atoms with Gasteiger partial charge in [0.15, 0.2) is 0 Å². The van der Waals surface area contributed by atoms with Crippen molar-refractivity contribution in [3.05, 3.63) is 64.7 Å². The van der Waals surface area contributed by atoms with Gasteiger partial charge in [-0.1, -0.05) is 30.3 Å². The molecule has 2 nitrogen and oxygen atoms in total. The third-order valence-corrected chi connectivity index (χ3v) is 3.45. The maximum Gasteiger partial charge on any atom is 0.573 e. The molecule has 5 heteroatoms. The van der Waals surface area contributed by atoms with Crippen LogP contribution in [0.25, 0.3) is 0 Å². The molecule has 0 saturated heterocycles. The van der Waals surface area contributed by atoms with E-state index in [2.05, 4.69) is 4.74 Å². The molecule has 2 N–H and O–H groups in total. The minimum atomic E-state index is -4.68. The third kappa shape index (κ3) is 3.76. The maximum atomic E-state index is 12.1.